The Hall–Kier alpha value is -0.940. The molecule has 108 valence electrons. The van der Waals surface area contributed by atoms with Crippen LogP contribution in [0.2, 0.25) is 0 Å². The van der Waals surface area contributed by atoms with Crippen LogP contribution in [0.3, 0.4) is 0 Å². The molecule has 2 fully saturated rings. The summed E-state index contributed by atoms with van der Waals surface area (Å²) in [6, 6.07) is 5.05. The molecule has 0 radical (unpaired) electrons. The molecule has 2 aliphatic heterocycles. The van der Waals surface area contributed by atoms with E-state index in [-0.39, 0.29) is 5.91 Å². The number of carbonyl (C=O) groups excluding carboxylic acids is 1. The first-order valence-corrected chi connectivity index (χ1v) is 8.04. The van der Waals surface area contributed by atoms with Gasteiger partial charge >= 0.3 is 0 Å². The van der Waals surface area contributed by atoms with Gasteiger partial charge in [0.1, 0.15) is 4.60 Å². The Kier molecular flexibility index (Phi) is 4.08. The van der Waals surface area contributed by atoms with Crippen LogP contribution in [0.5, 0.6) is 0 Å². The van der Waals surface area contributed by atoms with Crippen LogP contribution in [0.15, 0.2) is 22.9 Å². The summed E-state index contributed by atoms with van der Waals surface area (Å²) < 4.78 is 0.751. The molecule has 2 atom stereocenters. The SMILES string of the molecule is CN1C2CCC1CC(CNC(=O)c1ccc(Br)nc1)C2. The van der Waals surface area contributed by atoms with Crippen molar-refractivity contribution in [1.29, 1.82) is 0 Å². The Morgan fingerprint density at radius 1 is 1.40 bits per heavy atom. The number of amides is 1. The van der Waals surface area contributed by atoms with Gasteiger partial charge in [-0.05, 0) is 66.7 Å². The molecule has 1 amide bonds. The third kappa shape index (κ3) is 2.88. The zero-order valence-corrected chi connectivity index (χ0v) is 13.3. The van der Waals surface area contributed by atoms with Gasteiger partial charge in [0.2, 0.25) is 0 Å². The first-order valence-electron chi connectivity index (χ1n) is 7.25. The molecule has 3 heterocycles. The summed E-state index contributed by atoms with van der Waals surface area (Å²) in [6.07, 6.45) is 6.68. The molecule has 0 saturated carbocycles. The highest BCUT2D eigenvalue weighted by Gasteiger charge is 2.38. The fourth-order valence-corrected chi connectivity index (χ4v) is 3.77. The predicted octanol–water partition coefficient (Wildman–Crippen LogP) is 2.45. The molecule has 1 aromatic rings. The molecule has 0 aromatic carbocycles. The maximum absolute atomic E-state index is 12.1. The van der Waals surface area contributed by atoms with Crippen LogP contribution in [0.25, 0.3) is 0 Å². The average Bonchev–Trinajstić information content (AvgIpc) is 2.66. The lowest BCUT2D eigenvalue weighted by Crippen LogP contribution is -2.43. The average molecular weight is 338 g/mol. The van der Waals surface area contributed by atoms with E-state index in [1.54, 1.807) is 18.3 Å². The number of piperidine rings is 1. The lowest BCUT2D eigenvalue weighted by atomic mass is 9.91. The predicted molar refractivity (Wildman–Crippen MR) is 81.6 cm³/mol. The second-order valence-corrected chi connectivity index (χ2v) is 6.78. The quantitative estimate of drug-likeness (QED) is 0.861. The van der Waals surface area contributed by atoms with Crippen molar-refractivity contribution in [3.05, 3.63) is 28.5 Å². The Balaban J connectivity index is 1.52. The Morgan fingerprint density at radius 3 is 2.70 bits per heavy atom. The van der Waals surface area contributed by atoms with Crippen LogP contribution in [-0.2, 0) is 0 Å². The van der Waals surface area contributed by atoms with Gasteiger partial charge in [0.15, 0.2) is 0 Å². The standard InChI is InChI=1S/C15H20BrN3O/c1-19-12-3-4-13(19)7-10(6-12)8-18-15(20)11-2-5-14(16)17-9-11/h2,5,9-10,12-13H,3-4,6-8H2,1H3,(H,18,20). The number of aromatic nitrogens is 1. The molecule has 5 heteroatoms. The number of hydrogen-bond acceptors (Lipinski definition) is 3. The van der Waals surface area contributed by atoms with Gasteiger partial charge in [0, 0.05) is 24.8 Å². The van der Waals surface area contributed by atoms with E-state index in [2.05, 4.69) is 38.2 Å². The van der Waals surface area contributed by atoms with Gasteiger partial charge in [0.05, 0.1) is 5.56 Å². The molecule has 2 aliphatic rings. The zero-order valence-electron chi connectivity index (χ0n) is 11.7. The molecule has 4 nitrogen and oxygen atoms in total. The fourth-order valence-electron chi connectivity index (χ4n) is 3.54. The van der Waals surface area contributed by atoms with Gasteiger partial charge in [-0.25, -0.2) is 4.98 Å². The number of hydrogen-bond donors (Lipinski definition) is 1. The molecule has 3 rings (SSSR count). The Bertz CT molecular complexity index is 476. The molecule has 0 spiro atoms. The highest BCUT2D eigenvalue weighted by molar-refractivity contribution is 9.10. The van der Waals surface area contributed by atoms with Gasteiger partial charge < -0.3 is 10.2 Å². The molecule has 1 N–H and O–H groups in total. The number of nitrogens with zero attached hydrogens (tertiary/aromatic N) is 2. The number of nitrogens with one attached hydrogen (secondary N) is 1. The second kappa shape index (κ2) is 5.82. The van der Waals surface area contributed by atoms with Crippen LogP contribution in [0.1, 0.15) is 36.0 Å². The first kappa shape index (κ1) is 14.0. The Morgan fingerprint density at radius 2 is 2.10 bits per heavy atom. The lowest BCUT2D eigenvalue weighted by Gasteiger charge is -2.36. The van der Waals surface area contributed by atoms with E-state index < -0.39 is 0 Å². The summed E-state index contributed by atoms with van der Waals surface area (Å²) in [7, 11) is 2.24. The molecule has 2 unspecified atom stereocenters. The van der Waals surface area contributed by atoms with Crippen molar-refractivity contribution in [2.24, 2.45) is 5.92 Å². The highest BCUT2D eigenvalue weighted by atomic mass is 79.9. The van der Waals surface area contributed by atoms with Crippen molar-refractivity contribution in [3.63, 3.8) is 0 Å². The van der Waals surface area contributed by atoms with Crippen LogP contribution in [-0.4, -0.2) is 41.5 Å². The monoisotopic (exact) mass is 337 g/mol. The van der Waals surface area contributed by atoms with Gasteiger partial charge in [-0.3, -0.25) is 4.79 Å². The molecule has 20 heavy (non-hydrogen) atoms. The van der Waals surface area contributed by atoms with Gasteiger partial charge in [-0.1, -0.05) is 0 Å². The molecule has 1 aromatic heterocycles. The van der Waals surface area contributed by atoms with E-state index in [0.717, 1.165) is 23.2 Å². The zero-order chi connectivity index (χ0) is 14.1. The Labute approximate surface area is 128 Å². The van der Waals surface area contributed by atoms with Crippen molar-refractivity contribution in [1.82, 2.24) is 15.2 Å². The van der Waals surface area contributed by atoms with Crippen LogP contribution >= 0.6 is 15.9 Å². The number of rotatable bonds is 3. The summed E-state index contributed by atoms with van der Waals surface area (Å²) >= 11 is 3.27. The second-order valence-electron chi connectivity index (χ2n) is 5.97. The first-order chi connectivity index (χ1) is 9.63. The van der Waals surface area contributed by atoms with Crippen LogP contribution in [0.4, 0.5) is 0 Å². The van der Waals surface area contributed by atoms with Gasteiger partial charge in [-0.15, -0.1) is 0 Å². The summed E-state index contributed by atoms with van der Waals surface area (Å²) in [5.74, 6) is 0.604. The van der Waals surface area contributed by atoms with Crippen molar-refractivity contribution < 1.29 is 4.79 Å². The number of carbonyl (C=O) groups is 1. The summed E-state index contributed by atoms with van der Waals surface area (Å²) in [6.45, 7) is 0.787. The largest absolute Gasteiger partial charge is 0.352 e. The third-order valence-corrected chi connectivity index (χ3v) is 5.21. The van der Waals surface area contributed by atoms with Gasteiger partial charge in [-0.2, -0.15) is 0 Å². The van der Waals surface area contributed by atoms with E-state index in [1.807, 2.05) is 0 Å². The smallest absolute Gasteiger partial charge is 0.252 e. The van der Waals surface area contributed by atoms with Crippen LogP contribution in [0, 0.1) is 5.92 Å². The van der Waals surface area contributed by atoms with E-state index >= 15 is 0 Å². The van der Waals surface area contributed by atoms with Gasteiger partial charge in [0.25, 0.3) is 5.91 Å². The summed E-state index contributed by atoms with van der Waals surface area (Å²) in [5.41, 5.74) is 0.629. The van der Waals surface area contributed by atoms with Crippen LogP contribution < -0.4 is 5.32 Å². The minimum atomic E-state index is -0.0173. The summed E-state index contributed by atoms with van der Waals surface area (Å²) in [4.78, 5) is 18.7. The molecular weight excluding hydrogens is 318 g/mol. The van der Waals surface area contributed by atoms with Crippen molar-refractivity contribution in [2.75, 3.05) is 13.6 Å². The summed E-state index contributed by atoms with van der Waals surface area (Å²) in [5, 5.41) is 3.06. The minimum Gasteiger partial charge on any atom is -0.352 e. The topological polar surface area (TPSA) is 45.2 Å². The lowest BCUT2D eigenvalue weighted by molar-refractivity contribution is 0.0917. The van der Waals surface area contributed by atoms with Crippen molar-refractivity contribution in [3.8, 4) is 0 Å². The number of halogens is 1. The normalized spacial score (nSPS) is 29.4. The van der Waals surface area contributed by atoms with E-state index in [4.69, 9.17) is 0 Å². The fraction of sp³-hybridized carbons (Fsp3) is 0.600. The number of pyridine rings is 1. The van der Waals surface area contributed by atoms with E-state index in [1.165, 1.54) is 25.7 Å². The molecule has 2 bridgehead atoms. The molecular formula is C15H20BrN3O. The van der Waals surface area contributed by atoms with Crippen molar-refractivity contribution in [2.45, 2.75) is 37.8 Å². The molecule has 0 aliphatic carbocycles. The maximum atomic E-state index is 12.1. The van der Waals surface area contributed by atoms with E-state index in [0.29, 0.717) is 11.5 Å². The third-order valence-electron chi connectivity index (χ3n) is 4.74. The maximum Gasteiger partial charge on any atom is 0.252 e. The number of fused-ring (bicyclic) bond motifs is 2. The van der Waals surface area contributed by atoms with Crippen molar-refractivity contribution >= 4 is 21.8 Å². The molecule has 2 saturated heterocycles. The van der Waals surface area contributed by atoms with E-state index in [9.17, 15) is 4.79 Å². The highest BCUT2D eigenvalue weighted by Crippen LogP contribution is 2.36. The minimum absolute atomic E-state index is 0.0173.